The van der Waals surface area contributed by atoms with Crippen molar-refractivity contribution in [1.82, 2.24) is 10.3 Å². The topological polar surface area (TPSA) is 77.5 Å². The van der Waals surface area contributed by atoms with Crippen LogP contribution in [0.2, 0.25) is 0 Å². The molecule has 1 aromatic heterocycles. The Morgan fingerprint density at radius 2 is 2.05 bits per heavy atom. The Hall–Kier alpha value is -2.11. The molecule has 0 aromatic carbocycles. The van der Waals surface area contributed by atoms with Crippen molar-refractivity contribution < 1.29 is 19.1 Å². The van der Waals surface area contributed by atoms with E-state index in [1.165, 1.54) is 7.11 Å². The van der Waals surface area contributed by atoms with E-state index in [1.807, 2.05) is 13.8 Å². The molecule has 1 N–H and O–H groups in total. The van der Waals surface area contributed by atoms with Gasteiger partial charge in [-0.2, -0.15) is 0 Å². The number of carbonyl (C=O) groups is 2. The molecule has 6 nitrogen and oxygen atoms in total. The summed E-state index contributed by atoms with van der Waals surface area (Å²) < 4.78 is 9.97. The Morgan fingerprint density at radius 1 is 1.32 bits per heavy atom. The van der Waals surface area contributed by atoms with Crippen LogP contribution in [0.4, 0.5) is 0 Å². The third-order valence-electron chi connectivity index (χ3n) is 2.98. The van der Waals surface area contributed by atoms with Gasteiger partial charge in [0.05, 0.1) is 20.1 Å². The first kappa shape index (κ1) is 17.9. The normalized spacial score (nSPS) is 11.9. The van der Waals surface area contributed by atoms with Crippen molar-refractivity contribution in [2.45, 2.75) is 39.7 Å². The molecule has 1 atom stereocenters. The molecule has 0 fully saturated rings. The first-order chi connectivity index (χ1) is 10.5. The van der Waals surface area contributed by atoms with Crippen molar-refractivity contribution in [3.05, 3.63) is 23.9 Å². The molecule has 0 saturated heterocycles. The molecule has 0 aliphatic heterocycles. The smallest absolute Gasteiger partial charge is 0.328 e. The molecule has 0 spiro atoms. The summed E-state index contributed by atoms with van der Waals surface area (Å²) in [5.74, 6) is 0.147. The fourth-order valence-corrected chi connectivity index (χ4v) is 2.00. The number of rotatable bonds is 8. The van der Waals surface area contributed by atoms with Gasteiger partial charge in [-0.05, 0) is 24.8 Å². The lowest BCUT2D eigenvalue weighted by atomic mass is 10.0. The van der Waals surface area contributed by atoms with Gasteiger partial charge in [-0.3, -0.25) is 4.79 Å². The molecule has 22 heavy (non-hydrogen) atoms. The standard InChI is InChI=1S/C16H24N2O4/c1-5-22-16(20)13(8-11(2)3)18-14(19)9-12-6-7-15(21-4)17-10-12/h6-7,10-11,13H,5,8-9H2,1-4H3,(H,18,19)/t13-/m0/s1. The molecule has 0 aliphatic rings. The lowest BCUT2D eigenvalue weighted by Crippen LogP contribution is -2.43. The Balaban J connectivity index is 2.62. The molecule has 1 aromatic rings. The summed E-state index contributed by atoms with van der Waals surface area (Å²) in [5.41, 5.74) is 0.755. The number of hydrogen-bond donors (Lipinski definition) is 1. The minimum Gasteiger partial charge on any atom is -0.481 e. The number of nitrogens with zero attached hydrogens (tertiary/aromatic N) is 1. The fourth-order valence-electron chi connectivity index (χ4n) is 2.00. The zero-order valence-electron chi connectivity index (χ0n) is 13.6. The van der Waals surface area contributed by atoms with E-state index in [1.54, 1.807) is 25.3 Å². The number of carbonyl (C=O) groups excluding carboxylic acids is 2. The van der Waals surface area contributed by atoms with Gasteiger partial charge in [0, 0.05) is 12.3 Å². The lowest BCUT2D eigenvalue weighted by molar-refractivity contribution is -0.147. The maximum Gasteiger partial charge on any atom is 0.328 e. The molecule has 0 aliphatic carbocycles. The second-order valence-corrected chi connectivity index (χ2v) is 5.39. The maximum atomic E-state index is 12.1. The minimum atomic E-state index is -0.612. The Bertz CT molecular complexity index is 485. The third-order valence-corrected chi connectivity index (χ3v) is 2.98. The molecule has 0 unspecified atom stereocenters. The first-order valence-electron chi connectivity index (χ1n) is 7.41. The lowest BCUT2D eigenvalue weighted by Gasteiger charge is -2.19. The van der Waals surface area contributed by atoms with Gasteiger partial charge in [0.2, 0.25) is 11.8 Å². The average molecular weight is 308 g/mol. The number of pyridine rings is 1. The predicted octanol–water partition coefficient (Wildman–Crippen LogP) is 1.73. The molecular weight excluding hydrogens is 284 g/mol. The summed E-state index contributed by atoms with van der Waals surface area (Å²) in [5, 5.41) is 2.74. The average Bonchev–Trinajstić information content (AvgIpc) is 2.47. The van der Waals surface area contributed by atoms with Crippen LogP contribution in [-0.2, 0) is 20.7 Å². The molecule has 122 valence electrons. The zero-order valence-corrected chi connectivity index (χ0v) is 13.6. The molecule has 1 rings (SSSR count). The van der Waals surface area contributed by atoms with Gasteiger partial charge in [0.25, 0.3) is 0 Å². The highest BCUT2D eigenvalue weighted by Gasteiger charge is 2.23. The largest absolute Gasteiger partial charge is 0.481 e. The number of ether oxygens (including phenoxy) is 2. The van der Waals surface area contributed by atoms with Crippen molar-refractivity contribution in [3.63, 3.8) is 0 Å². The number of methoxy groups -OCH3 is 1. The third kappa shape index (κ3) is 6.11. The van der Waals surface area contributed by atoms with Gasteiger partial charge in [-0.25, -0.2) is 9.78 Å². The van der Waals surface area contributed by atoms with Gasteiger partial charge in [0.1, 0.15) is 6.04 Å². The highest BCUT2D eigenvalue weighted by molar-refractivity contribution is 5.85. The van der Waals surface area contributed by atoms with Crippen molar-refractivity contribution in [2.75, 3.05) is 13.7 Å². The molecule has 6 heteroatoms. The van der Waals surface area contributed by atoms with E-state index >= 15 is 0 Å². The molecule has 1 heterocycles. The Morgan fingerprint density at radius 3 is 2.55 bits per heavy atom. The maximum absolute atomic E-state index is 12.1. The highest BCUT2D eigenvalue weighted by atomic mass is 16.5. The summed E-state index contributed by atoms with van der Waals surface area (Å²) in [7, 11) is 1.53. The quantitative estimate of drug-likeness (QED) is 0.740. The monoisotopic (exact) mass is 308 g/mol. The highest BCUT2D eigenvalue weighted by Crippen LogP contribution is 2.09. The second-order valence-electron chi connectivity index (χ2n) is 5.39. The van der Waals surface area contributed by atoms with E-state index in [0.29, 0.717) is 18.9 Å². The van der Waals surface area contributed by atoms with Gasteiger partial charge < -0.3 is 14.8 Å². The summed E-state index contributed by atoms with van der Waals surface area (Å²) in [4.78, 5) is 28.0. The summed E-state index contributed by atoms with van der Waals surface area (Å²) in [6.45, 7) is 6.03. The number of esters is 1. The molecule has 0 saturated carbocycles. The van der Waals surface area contributed by atoms with Gasteiger partial charge >= 0.3 is 5.97 Å². The van der Waals surface area contributed by atoms with E-state index < -0.39 is 12.0 Å². The number of nitrogens with one attached hydrogen (secondary N) is 1. The van der Waals surface area contributed by atoms with E-state index in [0.717, 1.165) is 5.56 Å². The Labute approximate surface area is 131 Å². The molecular formula is C16H24N2O4. The van der Waals surface area contributed by atoms with Crippen LogP contribution in [0.25, 0.3) is 0 Å². The van der Waals surface area contributed by atoms with Crippen molar-refractivity contribution >= 4 is 11.9 Å². The summed E-state index contributed by atoms with van der Waals surface area (Å²) >= 11 is 0. The van der Waals surface area contributed by atoms with Crippen LogP contribution in [0.1, 0.15) is 32.8 Å². The summed E-state index contributed by atoms with van der Waals surface area (Å²) in [6.07, 6.45) is 2.29. The van der Waals surface area contributed by atoms with Crippen LogP contribution >= 0.6 is 0 Å². The minimum absolute atomic E-state index is 0.158. The van der Waals surface area contributed by atoms with Crippen LogP contribution in [-0.4, -0.2) is 36.6 Å². The number of hydrogen-bond acceptors (Lipinski definition) is 5. The summed E-state index contributed by atoms with van der Waals surface area (Å²) in [6, 6.07) is 2.85. The van der Waals surface area contributed by atoms with E-state index in [4.69, 9.17) is 9.47 Å². The second kappa shape index (κ2) is 9.02. The predicted molar refractivity (Wildman–Crippen MR) is 82.5 cm³/mol. The van der Waals surface area contributed by atoms with Crippen LogP contribution in [0, 0.1) is 5.92 Å². The number of amides is 1. The molecule has 0 radical (unpaired) electrons. The van der Waals surface area contributed by atoms with Gasteiger partial charge in [-0.15, -0.1) is 0 Å². The van der Waals surface area contributed by atoms with Crippen LogP contribution in [0.5, 0.6) is 5.88 Å². The van der Waals surface area contributed by atoms with Crippen LogP contribution in [0.15, 0.2) is 18.3 Å². The Kier molecular flexibility index (Phi) is 7.36. The van der Waals surface area contributed by atoms with E-state index in [9.17, 15) is 9.59 Å². The van der Waals surface area contributed by atoms with E-state index in [2.05, 4.69) is 10.3 Å². The number of aromatic nitrogens is 1. The molecule has 1 amide bonds. The zero-order chi connectivity index (χ0) is 16.5. The first-order valence-corrected chi connectivity index (χ1v) is 7.41. The van der Waals surface area contributed by atoms with Gasteiger partial charge in [-0.1, -0.05) is 19.9 Å². The fraction of sp³-hybridized carbons (Fsp3) is 0.562. The van der Waals surface area contributed by atoms with Crippen molar-refractivity contribution in [3.8, 4) is 5.88 Å². The van der Waals surface area contributed by atoms with Crippen molar-refractivity contribution in [2.24, 2.45) is 5.92 Å². The van der Waals surface area contributed by atoms with E-state index in [-0.39, 0.29) is 18.2 Å². The van der Waals surface area contributed by atoms with Crippen LogP contribution < -0.4 is 10.1 Å². The van der Waals surface area contributed by atoms with Crippen LogP contribution in [0.3, 0.4) is 0 Å². The van der Waals surface area contributed by atoms with Crippen molar-refractivity contribution in [1.29, 1.82) is 0 Å². The SMILES string of the molecule is CCOC(=O)[C@H](CC(C)C)NC(=O)Cc1ccc(OC)nc1. The van der Waals surface area contributed by atoms with Gasteiger partial charge in [0.15, 0.2) is 0 Å². The molecule has 0 bridgehead atoms.